The van der Waals surface area contributed by atoms with Gasteiger partial charge >= 0.3 is 0 Å². The Hall–Kier alpha value is -0.610. The second kappa shape index (κ2) is 4.42. The zero-order valence-electron chi connectivity index (χ0n) is 6.24. The summed E-state index contributed by atoms with van der Waals surface area (Å²) in [7, 11) is 0. The van der Waals surface area contributed by atoms with Crippen molar-refractivity contribution < 1.29 is 22.0 Å². The first-order chi connectivity index (χ1) is 5.40. The van der Waals surface area contributed by atoms with Crippen LogP contribution in [0.3, 0.4) is 0 Å². The maximum absolute atomic E-state index is 12.4. The molecule has 0 fully saturated rings. The maximum Gasteiger partial charge on any atom is 0.282 e. The molecule has 0 aromatic rings. The van der Waals surface area contributed by atoms with Crippen LogP contribution < -0.4 is 0 Å². The van der Waals surface area contributed by atoms with E-state index in [1.165, 1.54) is 0 Å². The van der Waals surface area contributed by atoms with Gasteiger partial charge in [0.1, 0.15) is 0 Å². The fraction of sp³-hybridized carbons (Fsp3) is 0.714. The predicted molar refractivity (Wildman–Crippen MR) is 35.3 cm³/mol. The van der Waals surface area contributed by atoms with Gasteiger partial charge in [0.15, 0.2) is 6.17 Å². The second-order valence-corrected chi connectivity index (χ2v) is 2.35. The van der Waals surface area contributed by atoms with Gasteiger partial charge in [-0.2, -0.15) is 0 Å². The number of hydrogen-bond acceptors (Lipinski definition) is 0. The number of allylic oxidation sites excluding steroid dienone is 1. The van der Waals surface area contributed by atoms with E-state index in [9.17, 15) is 22.0 Å². The lowest BCUT2D eigenvalue weighted by Gasteiger charge is -2.18. The van der Waals surface area contributed by atoms with Crippen LogP contribution in [0.4, 0.5) is 22.0 Å². The lowest BCUT2D eigenvalue weighted by Crippen LogP contribution is -2.30. The summed E-state index contributed by atoms with van der Waals surface area (Å²) in [6.07, 6.45) is -7.38. The predicted octanol–water partition coefficient (Wildman–Crippen LogP) is 3.19. The molecule has 0 aliphatic heterocycles. The first kappa shape index (κ1) is 11.4. The monoisotopic (exact) mass is 188 g/mol. The Bertz CT molecular complexity index is 143. The first-order valence-corrected chi connectivity index (χ1v) is 3.31. The lowest BCUT2D eigenvalue weighted by molar-refractivity contribution is -0.0873. The molecule has 0 nitrogen and oxygen atoms in total. The topological polar surface area (TPSA) is 0 Å². The second-order valence-electron chi connectivity index (χ2n) is 2.35. The van der Waals surface area contributed by atoms with Crippen LogP contribution in [0, 0.1) is 0 Å². The number of alkyl halides is 5. The molecule has 1 atom stereocenters. The van der Waals surface area contributed by atoms with Crippen LogP contribution in [0.5, 0.6) is 0 Å². The Labute approximate surface area is 67.1 Å². The number of rotatable bonds is 5. The highest BCUT2D eigenvalue weighted by Crippen LogP contribution is 2.29. The number of hydrogen-bond donors (Lipinski definition) is 0. The van der Waals surface area contributed by atoms with E-state index < -0.39 is 31.4 Å². The van der Waals surface area contributed by atoms with Crippen molar-refractivity contribution in [3.05, 3.63) is 12.7 Å². The van der Waals surface area contributed by atoms with Crippen LogP contribution in [0.15, 0.2) is 12.7 Å². The molecule has 0 N–H and O–H groups in total. The van der Waals surface area contributed by atoms with Crippen molar-refractivity contribution in [3.63, 3.8) is 0 Å². The average Bonchev–Trinajstić information content (AvgIpc) is 1.85. The SMILES string of the molecule is C=CCC(F)(F)C(F)CC(F)F. The molecule has 72 valence electrons. The molecule has 0 heterocycles. The Kier molecular flexibility index (Phi) is 4.20. The zero-order valence-corrected chi connectivity index (χ0v) is 6.24. The Morgan fingerprint density at radius 1 is 1.25 bits per heavy atom. The summed E-state index contributed by atoms with van der Waals surface area (Å²) in [4.78, 5) is 0. The third-order valence-corrected chi connectivity index (χ3v) is 1.26. The molecule has 5 heteroatoms. The molecule has 0 spiro atoms. The van der Waals surface area contributed by atoms with Crippen molar-refractivity contribution in [2.75, 3.05) is 0 Å². The van der Waals surface area contributed by atoms with Gasteiger partial charge in [-0.25, -0.2) is 22.0 Å². The van der Waals surface area contributed by atoms with Crippen LogP contribution in [0.2, 0.25) is 0 Å². The van der Waals surface area contributed by atoms with Gasteiger partial charge in [0.05, 0.1) is 0 Å². The van der Waals surface area contributed by atoms with Crippen LogP contribution in [0.25, 0.3) is 0 Å². The summed E-state index contributed by atoms with van der Waals surface area (Å²) in [6, 6.07) is 0. The lowest BCUT2D eigenvalue weighted by atomic mass is 10.1. The molecule has 0 aliphatic rings. The Balaban J connectivity index is 4.04. The smallest absolute Gasteiger partial charge is 0.241 e. The molecule has 0 bridgehead atoms. The molecule has 0 radical (unpaired) electrons. The van der Waals surface area contributed by atoms with E-state index in [0.29, 0.717) is 0 Å². The summed E-state index contributed by atoms with van der Waals surface area (Å²) < 4.78 is 60.1. The van der Waals surface area contributed by atoms with Gasteiger partial charge in [0.25, 0.3) is 5.92 Å². The van der Waals surface area contributed by atoms with E-state index in [1.807, 2.05) is 0 Å². The van der Waals surface area contributed by atoms with E-state index in [-0.39, 0.29) is 0 Å². The minimum atomic E-state index is -3.72. The summed E-state index contributed by atoms with van der Waals surface area (Å²) in [5.74, 6) is -3.72. The van der Waals surface area contributed by atoms with Crippen molar-refractivity contribution in [3.8, 4) is 0 Å². The molecule has 0 rings (SSSR count). The normalized spacial score (nSPS) is 14.8. The maximum atomic E-state index is 12.4. The van der Waals surface area contributed by atoms with E-state index in [0.717, 1.165) is 6.08 Å². The first-order valence-electron chi connectivity index (χ1n) is 3.31. The highest BCUT2D eigenvalue weighted by atomic mass is 19.3. The molecule has 0 amide bonds. The van der Waals surface area contributed by atoms with Crippen LogP contribution in [-0.4, -0.2) is 18.5 Å². The minimum absolute atomic E-state index is 0.804. The van der Waals surface area contributed by atoms with Crippen molar-refractivity contribution in [1.29, 1.82) is 0 Å². The van der Waals surface area contributed by atoms with Crippen molar-refractivity contribution in [1.82, 2.24) is 0 Å². The van der Waals surface area contributed by atoms with Gasteiger partial charge in [0.2, 0.25) is 6.43 Å². The molecule has 0 saturated carbocycles. The average molecular weight is 188 g/mol. The summed E-state index contributed by atoms with van der Waals surface area (Å²) >= 11 is 0. The number of halogens is 5. The van der Waals surface area contributed by atoms with Gasteiger partial charge in [-0.3, -0.25) is 0 Å². The van der Waals surface area contributed by atoms with Crippen molar-refractivity contribution in [2.45, 2.75) is 31.4 Å². The van der Waals surface area contributed by atoms with Crippen LogP contribution in [-0.2, 0) is 0 Å². The summed E-state index contributed by atoms with van der Waals surface area (Å²) in [6.45, 7) is 2.97. The minimum Gasteiger partial charge on any atom is -0.241 e. The van der Waals surface area contributed by atoms with E-state index in [4.69, 9.17) is 0 Å². The summed E-state index contributed by atoms with van der Waals surface area (Å²) in [5, 5.41) is 0. The van der Waals surface area contributed by atoms with E-state index in [2.05, 4.69) is 6.58 Å². The van der Waals surface area contributed by atoms with Gasteiger partial charge in [-0.05, 0) is 0 Å². The van der Waals surface area contributed by atoms with E-state index >= 15 is 0 Å². The molecule has 0 aliphatic carbocycles. The third kappa shape index (κ3) is 3.69. The highest BCUT2D eigenvalue weighted by Gasteiger charge is 2.40. The summed E-state index contributed by atoms with van der Waals surface area (Å²) in [5.41, 5.74) is 0. The van der Waals surface area contributed by atoms with Crippen molar-refractivity contribution >= 4 is 0 Å². The molecule has 0 aromatic heterocycles. The Morgan fingerprint density at radius 3 is 2.08 bits per heavy atom. The van der Waals surface area contributed by atoms with E-state index in [1.54, 1.807) is 0 Å². The quantitative estimate of drug-likeness (QED) is 0.459. The molecule has 0 saturated heterocycles. The van der Waals surface area contributed by atoms with Gasteiger partial charge < -0.3 is 0 Å². The zero-order chi connectivity index (χ0) is 9.78. The van der Waals surface area contributed by atoms with Crippen molar-refractivity contribution in [2.24, 2.45) is 0 Å². The molecular formula is C7H9F5. The molecular weight excluding hydrogens is 179 g/mol. The van der Waals surface area contributed by atoms with Crippen LogP contribution >= 0.6 is 0 Å². The molecule has 1 unspecified atom stereocenters. The standard InChI is InChI=1S/C7H9F5/c1-2-3-7(11,12)5(8)4-6(9)10/h2,5-6H,1,3-4H2. The molecule has 0 aromatic carbocycles. The van der Waals surface area contributed by atoms with Crippen LogP contribution in [0.1, 0.15) is 12.8 Å². The fourth-order valence-corrected chi connectivity index (χ4v) is 0.649. The Morgan fingerprint density at radius 2 is 1.75 bits per heavy atom. The largest absolute Gasteiger partial charge is 0.282 e. The fourth-order valence-electron chi connectivity index (χ4n) is 0.649. The third-order valence-electron chi connectivity index (χ3n) is 1.26. The molecule has 12 heavy (non-hydrogen) atoms. The van der Waals surface area contributed by atoms with Gasteiger partial charge in [0, 0.05) is 12.8 Å². The highest BCUT2D eigenvalue weighted by molar-refractivity contribution is 4.85. The van der Waals surface area contributed by atoms with Gasteiger partial charge in [-0.1, -0.05) is 6.08 Å². The van der Waals surface area contributed by atoms with Gasteiger partial charge in [-0.15, -0.1) is 6.58 Å².